The van der Waals surface area contributed by atoms with Gasteiger partial charge in [0.05, 0.1) is 54.9 Å². The maximum Gasteiger partial charge on any atom is 0.188 e. The van der Waals surface area contributed by atoms with Gasteiger partial charge in [0.1, 0.15) is 0 Å². The van der Waals surface area contributed by atoms with Crippen molar-refractivity contribution < 1.29 is 46.0 Å². The van der Waals surface area contributed by atoms with Gasteiger partial charge in [-0.2, -0.15) is 0 Å². The minimum atomic E-state index is -0.980. The second kappa shape index (κ2) is 27.7. The van der Waals surface area contributed by atoms with Crippen LogP contribution in [0.1, 0.15) is 117 Å². The highest BCUT2D eigenvalue weighted by Gasteiger charge is 2.21. The van der Waals surface area contributed by atoms with Crippen LogP contribution in [0.5, 0.6) is 0 Å². The molecule has 1 aliphatic rings. The van der Waals surface area contributed by atoms with Crippen LogP contribution < -0.4 is 11.1 Å². The van der Waals surface area contributed by atoms with Crippen LogP contribution in [0, 0.1) is 11.8 Å². The maximum absolute atomic E-state index is 10.3. The zero-order chi connectivity index (χ0) is 37.3. The van der Waals surface area contributed by atoms with Crippen LogP contribution in [0.2, 0.25) is 0 Å². The molecule has 1 fully saturated rings. The SMILES string of the molecule is CCC(O)CC(O)/C=C/CC(O)CC(O)CC(O)/C=C/CC(O)CC(O)/C=C/CC(O)CC(O)CCCN=C(N)NCCC1CCCCC1C. The Morgan fingerprint density at radius 2 is 1.16 bits per heavy atom. The van der Waals surface area contributed by atoms with Crippen LogP contribution in [0.25, 0.3) is 0 Å². The summed E-state index contributed by atoms with van der Waals surface area (Å²) in [5.74, 6) is 1.95. The Kier molecular flexibility index (Phi) is 25.6. The zero-order valence-corrected chi connectivity index (χ0v) is 30.6. The third-order valence-corrected chi connectivity index (χ3v) is 9.49. The summed E-state index contributed by atoms with van der Waals surface area (Å²) in [5, 5.41) is 94.0. The highest BCUT2D eigenvalue weighted by molar-refractivity contribution is 5.77. The third-order valence-electron chi connectivity index (χ3n) is 9.49. The second-order valence-corrected chi connectivity index (χ2v) is 14.3. The molecule has 0 radical (unpaired) electrons. The summed E-state index contributed by atoms with van der Waals surface area (Å²) in [6.07, 6.45) is 11.1. The largest absolute Gasteiger partial charge is 0.393 e. The lowest BCUT2D eigenvalue weighted by atomic mass is 9.79. The summed E-state index contributed by atoms with van der Waals surface area (Å²) in [4.78, 5) is 4.34. The van der Waals surface area contributed by atoms with Crippen molar-refractivity contribution in [1.82, 2.24) is 5.32 Å². The molecule has 1 rings (SSSR count). The molecule has 0 amide bonds. The summed E-state index contributed by atoms with van der Waals surface area (Å²) < 4.78 is 0. The normalized spacial score (nSPS) is 23.1. The van der Waals surface area contributed by atoms with Gasteiger partial charge in [-0.05, 0) is 69.6 Å². The van der Waals surface area contributed by atoms with E-state index in [1.54, 1.807) is 18.2 Å². The summed E-state index contributed by atoms with van der Waals surface area (Å²) in [5.41, 5.74) is 5.98. The Hall–Kier alpha value is -1.87. The Bertz CT molecular complexity index is 966. The smallest absolute Gasteiger partial charge is 0.188 e. The molecule has 0 aromatic carbocycles. The first kappa shape index (κ1) is 46.2. The number of aliphatic hydroxyl groups is 9. The van der Waals surface area contributed by atoms with Gasteiger partial charge in [-0.15, -0.1) is 0 Å². The standard InChI is InChI=1S/C38H71N3O9/c1-3-29(42)22-30(43)12-6-16-34(47)25-37(50)26-35(48)17-8-15-32(45)23-31(44)13-7-14-33(46)24-36(49)18-9-20-40-38(39)41-21-19-28-11-5-4-10-27(28)2/h6-8,12-13,17,27-37,42-50H,3-5,9-11,14-16,18-26H2,1-2H3,(H3,39,40,41)/b12-6+,13-7+,17-8+. The summed E-state index contributed by atoms with van der Waals surface area (Å²) in [6.45, 7) is 5.47. The highest BCUT2D eigenvalue weighted by Crippen LogP contribution is 2.31. The van der Waals surface area contributed by atoms with Crippen LogP contribution in [0.15, 0.2) is 41.4 Å². The van der Waals surface area contributed by atoms with Gasteiger partial charge in [0.2, 0.25) is 0 Å². The minimum absolute atomic E-state index is 0.000917. The van der Waals surface area contributed by atoms with Gasteiger partial charge in [-0.3, -0.25) is 4.99 Å². The lowest BCUT2D eigenvalue weighted by Gasteiger charge is -2.28. The van der Waals surface area contributed by atoms with Gasteiger partial charge in [0.15, 0.2) is 5.96 Å². The predicted octanol–water partition coefficient (Wildman–Crippen LogP) is 2.33. The van der Waals surface area contributed by atoms with E-state index in [4.69, 9.17) is 5.73 Å². The quantitative estimate of drug-likeness (QED) is 0.0256. The number of nitrogens with two attached hydrogens (primary N) is 1. The molecule has 0 aliphatic heterocycles. The molecule has 12 nitrogen and oxygen atoms in total. The van der Waals surface area contributed by atoms with E-state index in [1.165, 1.54) is 43.9 Å². The van der Waals surface area contributed by atoms with E-state index in [0.29, 0.717) is 31.8 Å². The van der Waals surface area contributed by atoms with Gasteiger partial charge < -0.3 is 57.0 Å². The van der Waals surface area contributed by atoms with Crippen molar-refractivity contribution in [3.8, 4) is 0 Å². The van der Waals surface area contributed by atoms with Crippen molar-refractivity contribution >= 4 is 5.96 Å². The summed E-state index contributed by atoms with van der Waals surface area (Å²) in [6, 6.07) is 0. The average Bonchev–Trinajstić information content (AvgIpc) is 3.03. The van der Waals surface area contributed by atoms with Crippen molar-refractivity contribution in [3.63, 3.8) is 0 Å². The van der Waals surface area contributed by atoms with E-state index in [9.17, 15) is 46.0 Å². The molecule has 11 unspecified atom stereocenters. The van der Waals surface area contributed by atoms with Crippen LogP contribution in [-0.4, -0.2) is 120 Å². The monoisotopic (exact) mass is 714 g/mol. The first-order chi connectivity index (χ1) is 23.8. The molecule has 0 saturated heterocycles. The number of nitrogens with zero attached hydrogens (tertiary/aromatic N) is 1. The van der Waals surface area contributed by atoms with E-state index >= 15 is 0 Å². The van der Waals surface area contributed by atoms with Gasteiger partial charge >= 0.3 is 0 Å². The van der Waals surface area contributed by atoms with E-state index in [2.05, 4.69) is 17.2 Å². The fraction of sp³-hybridized carbons (Fsp3) is 0.816. The fourth-order valence-corrected chi connectivity index (χ4v) is 6.34. The van der Waals surface area contributed by atoms with Crippen LogP contribution in [0.3, 0.4) is 0 Å². The van der Waals surface area contributed by atoms with Crippen LogP contribution in [0.4, 0.5) is 0 Å². The molecule has 11 atom stereocenters. The number of hydrogen-bond donors (Lipinski definition) is 11. The Morgan fingerprint density at radius 1 is 0.680 bits per heavy atom. The number of hydrogen-bond acceptors (Lipinski definition) is 10. The van der Waals surface area contributed by atoms with Crippen molar-refractivity contribution in [2.45, 2.75) is 172 Å². The molecule has 1 aliphatic carbocycles. The van der Waals surface area contributed by atoms with Gasteiger partial charge in [0.25, 0.3) is 0 Å². The highest BCUT2D eigenvalue weighted by atomic mass is 16.3. The first-order valence-electron chi connectivity index (χ1n) is 18.9. The fourth-order valence-electron chi connectivity index (χ4n) is 6.34. The van der Waals surface area contributed by atoms with Crippen LogP contribution in [-0.2, 0) is 0 Å². The summed E-state index contributed by atoms with van der Waals surface area (Å²) >= 11 is 0. The molecule has 0 aromatic rings. The molecule has 50 heavy (non-hydrogen) atoms. The number of nitrogens with one attached hydrogen (secondary N) is 1. The van der Waals surface area contributed by atoms with Crippen molar-refractivity contribution in [3.05, 3.63) is 36.5 Å². The van der Waals surface area contributed by atoms with E-state index in [-0.39, 0.29) is 51.4 Å². The molecule has 0 aromatic heterocycles. The molecule has 12 N–H and O–H groups in total. The molecule has 1 saturated carbocycles. The number of aliphatic hydroxyl groups excluding tert-OH is 9. The minimum Gasteiger partial charge on any atom is -0.393 e. The number of rotatable bonds is 27. The molecule has 0 bridgehead atoms. The zero-order valence-electron chi connectivity index (χ0n) is 30.6. The lowest BCUT2D eigenvalue weighted by molar-refractivity contribution is 0.0523. The Labute approximate surface area is 300 Å². The van der Waals surface area contributed by atoms with Crippen molar-refractivity contribution in [1.29, 1.82) is 0 Å². The number of guanidine groups is 1. The molecule has 0 heterocycles. The molecule has 12 heteroatoms. The third kappa shape index (κ3) is 24.3. The van der Waals surface area contributed by atoms with E-state index < -0.39 is 54.9 Å². The van der Waals surface area contributed by atoms with E-state index in [0.717, 1.165) is 24.8 Å². The first-order valence-corrected chi connectivity index (χ1v) is 18.9. The van der Waals surface area contributed by atoms with Gasteiger partial charge in [-0.25, -0.2) is 0 Å². The van der Waals surface area contributed by atoms with Crippen molar-refractivity contribution in [2.24, 2.45) is 22.6 Å². The van der Waals surface area contributed by atoms with Gasteiger partial charge in [0, 0.05) is 32.4 Å². The van der Waals surface area contributed by atoms with E-state index in [1.807, 2.05) is 6.92 Å². The molecule has 292 valence electrons. The molecular weight excluding hydrogens is 642 g/mol. The number of aliphatic imine (C=N–C) groups is 1. The second-order valence-electron chi connectivity index (χ2n) is 14.3. The maximum atomic E-state index is 10.3. The van der Waals surface area contributed by atoms with Gasteiger partial charge in [-0.1, -0.05) is 76.0 Å². The lowest BCUT2D eigenvalue weighted by Crippen LogP contribution is -2.34. The van der Waals surface area contributed by atoms with Crippen molar-refractivity contribution in [2.75, 3.05) is 13.1 Å². The predicted molar refractivity (Wildman–Crippen MR) is 198 cm³/mol. The van der Waals surface area contributed by atoms with Crippen LogP contribution >= 0.6 is 0 Å². The Balaban J connectivity index is 2.18. The summed E-state index contributed by atoms with van der Waals surface area (Å²) in [7, 11) is 0. The topological polar surface area (TPSA) is 232 Å². The molecular formula is C38H71N3O9. The Morgan fingerprint density at radius 3 is 1.70 bits per heavy atom. The average molecular weight is 714 g/mol. The molecule has 0 spiro atoms.